The first-order valence-electron chi connectivity index (χ1n) is 5.61. The van der Waals surface area contributed by atoms with Crippen LogP contribution in [0.15, 0.2) is 24.4 Å². The lowest BCUT2D eigenvalue weighted by Gasteiger charge is -2.09. The van der Waals surface area contributed by atoms with Gasteiger partial charge in [-0.25, -0.2) is 4.79 Å². The second-order valence-corrected chi connectivity index (χ2v) is 4.48. The van der Waals surface area contributed by atoms with Crippen molar-refractivity contribution in [2.45, 2.75) is 13.5 Å². The maximum Gasteiger partial charge on any atom is 0.339 e. The van der Waals surface area contributed by atoms with E-state index in [0.29, 0.717) is 17.3 Å². The van der Waals surface area contributed by atoms with Crippen molar-refractivity contribution in [1.29, 1.82) is 0 Å². The van der Waals surface area contributed by atoms with E-state index in [0.717, 1.165) is 11.3 Å². The van der Waals surface area contributed by atoms with Gasteiger partial charge in [-0.05, 0) is 24.6 Å². The largest absolute Gasteiger partial charge is 0.496 e. The predicted octanol–water partition coefficient (Wildman–Crippen LogP) is 2.60. The first-order chi connectivity index (χ1) is 9.02. The number of hydrogen-bond acceptors (Lipinski definition) is 3. The summed E-state index contributed by atoms with van der Waals surface area (Å²) in [5.41, 5.74) is 1.90. The van der Waals surface area contributed by atoms with Crippen LogP contribution in [0.2, 0.25) is 5.02 Å². The average Bonchev–Trinajstić information content (AvgIpc) is 2.70. The molecule has 0 unspecified atom stereocenters. The minimum atomic E-state index is -1.01. The Morgan fingerprint density at radius 3 is 2.79 bits per heavy atom. The number of benzene rings is 1. The summed E-state index contributed by atoms with van der Waals surface area (Å²) in [4.78, 5) is 11.0. The third kappa shape index (κ3) is 2.71. The number of carboxylic acid groups (broad SMARTS) is 1. The number of aromatic nitrogens is 2. The number of carbonyl (C=O) groups is 1. The van der Waals surface area contributed by atoms with Gasteiger partial charge in [-0.2, -0.15) is 5.10 Å². The van der Waals surface area contributed by atoms with Crippen LogP contribution in [0.1, 0.15) is 21.6 Å². The lowest BCUT2D eigenvalue weighted by Crippen LogP contribution is -2.06. The Labute approximate surface area is 115 Å². The molecule has 1 heterocycles. The molecule has 0 amide bonds. The van der Waals surface area contributed by atoms with Crippen LogP contribution in [0.4, 0.5) is 0 Å². The fourth-order valence-electron chi connectivity index (χ4n) is 1.77. The molecule has 1 N–H and O–H groups in total. The molecule has 0 fully saturated rings. The fourth-order valence-corrected chi connectivity index (χ4v) is 1.91. The first-order valence-corrected chi connectivity index (χ1v) is 5.99. The van der Waals surface area contributed by atoms with E-state index in [4.69, 9.17) is 21.4 Å². The third-order valence-corrected chi connectivity index (χ3v) is 3.24. The van der Waals surface area contributed by atoms with Crippen molar-refractivity contribution in [3.05, 3.63) is 46.2 Å². The zero-order valence-electron chi connectivity index (χ0n) is 10.6. The summed E-state index contributed by atoms with van der Waals surface area (Å²) in [5.74, 6) is -0.678. The van der Waals surface area contributed by atoms with Gasteiger partial charge >= 0.3 is 5.97 Å². The van der Waals surface area contributed by atoms with E-state index >= 15 is 0 Å². The monoisotopic (exact) mass is 280 g/mol. The highest BCUT2D eigenvalue weighted by molar-refractivity contribution is 6.31. The van der Waals surface area contributed by atoms with Crippen molar-refractivity contribution in [2.24, 2.45) is 0 Å². The van der Waals surface area contributed by atoms with Gasteiger partial charge < -0.3 is 9.84 Å². The molecular formula is C13H13ClN2O3. The molecule has 0 bridgehead atoms. The number of nitrogens with zero attached hydrogens (tertiary/aromatic N) is 2. The quantitative estimate of drug-likeness (QED) is 0.935. The molecule has 2 rings (SSSR count). The van der Waals surface area contributed by atoms with Crippen LogP contribution in [0.25, 0.3) is 0 Å². The van der Waals surface area contributed by atoms with E-state index in [1.54, 1.807) is 23.0 Å². The maximum absolute atomic E-state index is 11.0. The van der Waals surface area contributed by atoms with Crippen LogP contribution in [0.3, 0.4) is 0 Å². The van der Waals surface area contributed by atoms with Gasteiger partial charge in [-0.3, -0.25) is 4.68 Å². The van der Waals surface area contributed by atoms with Crippen molar-refractivity contribution in [2.75, 3.05) is 7.11 Å². The highest BCUT2D eigenvalue weighted by Gasteiger charge is 2.12. The molecule has 19 heavy (non-hydrogen) atoms. The van der Waals surface area contributed by atoms with Gasteiger partial charge in [-0.1, -0.05) is 17.7 Å². The zero-order valence-corrected chi connectivity index (χ0v) is 11.3. The molecule has 2 aromatic rings. The number of rotatable bonds is 4. The van der Waals surface area contributed by atoms with Gasteiger partial charge in [0.2, 0.25) is 0 Å². The van der Waals surface area contributed by atoms with Crippen LogP contribution in [0, 0.1) is 6.92 Å². The Hall–Kier alpha value is -2.01. The van der Waals surface area contributed by atoms with Crippen molar-refractivity contribution in [3.63, 3.8) is 0 Å². The molecule has 0 atom stereocenters. The summed E-state index contributed by atoms with van der Waals surface area (Å²) in [6.07, 6.45) is 1.58. The number of hydrogen-bond donors (Lipinski definition) is 1. The van der Waals surface area contributed by atoms with Crippen molar-refractivity contribution < 1.29 is 14.6 Å². The molecule has 0 aliphatic rings. The molecule has 0 aliphatic carbocycles. The Balaban J connectivity index is 2.31. The van der Waals surface area contributed by atoms with Gasteiger partial charge in [0.1, 0.15) is 11.3 Å². The van der Waals surface area contributed by atoms with Gasteiger partial charge in [0.05, 0.1) is 30.6 Å². The maximum atomic E-state index is 11.0. The highest BCUT2D eigenvalue weighted by atomic mass is 35.5. The van der Waals surface area contributed by atoms with Crippen molar-refractivity contribution in [3.8, 4) is 5.75 Å². The molecule has 1 aromatic heterocycles. The Morgan fingerprint density at radius 1 is 1.53 bits per heavy atom. The van der Waals surface area contributed by atoms with E-state index in [2.05, 4.69) is 5.10 Å². The van der Waals surface area contributed by atoms with E-state index < -0.39 is 5.97 Å². The van der Waals surface area contributed by atoms with E-state index in [1.807, 2.05) is 6.92 Å². The molecule has 5 nitrogen and oxygen atoms in total. The van der Waals surface area contributed by atoms with Crippen molar-refractivity contribution in [1.82, 2.24) is 9.78 Å². The van der Waals surface area contributed by atoms with Gasteiger partial charge in [-0.15, -0.1) is 0 Å². The summed E-state index contributed by atoms with van der Waals surface area (Å²) in [7, 11) is 1.45. The Kier molecular flexibility index (Phi) is 3.76. The second kappa shape index (κ2) is 5.32. The molecule has 0 radical (unpaired) electrons. The summed E-state index contributed by atoms with van der Waals surface area (Å²) in [6, 6.07) is 4.95. The summed E-state index contributed by atoms with van der Waals surface area (Å²) in [5, 5.41) is 13.8. The number of carboxylic acids is 1. The normalized spacial score (nSPS) is 10.5. The molecule has 0 saturated carbocycles. The first kappa shape index (κ1) is 13.4. The minimum absolute atomic E-state index is 0.140. The summed E-state index contributed by atoms with van der Waals surface area (Å²) < 4.78 is 6.83. The van der Waals surface area contributed by atoms with Crippen LogP contribution in [0.5, 0.6) is 5.75 Å². The lowest BCUT2D eigenvalue weighted by atomic mass is 10.1. The second-order valence-electron chi connectivity index (χ2n) is 4.08. The van der Waals surface area contributed by atoms with E-state index in [9.17, 15) is 4.79 Å². The van der Waals surface area contributed by atoms with E-state index in [-0.39, 0.29) is 5.56 Å². The standard InChI is InChI=1S/C13H13ClN2O3/c1-8-11(14)6-15-16(8)7-9-3-4-10(13(17)18)12(5-9)19-2/h3-6H,7H2,1-2H3,(H,17,18). The lowest BCUT2D eigenvalue weighted by molar-refractivity contribution is 0.0693. The van der Waals surface area contributed by atoms with E-state index in [1.165, 1.54) is 13.2 Å². The molecule has 0 saturated heterocycles. The highest BCUT2D eigenvalue weighted by Crippen LogP contribution is 2.22. The summed E-state index contributed by atoms with van der Waals surface area (Å²) >= 11 is 5.94. The SMILES string of the molecule is COc1cc(Cn2ncc(Cl)c2C)ccc1C(=O)O. The Bertz CT molecular complexity index is 622. The molecule has 100 valence electrons. The van der Waals surface area contributed by atoms with Crippen LogP contribution in [-0.4, -0.2) is 28.0 Å². The molecule has 0 aliphatic heterocycles. The van der Waals surface area contributed by atoms with Gasteiger partial charge in [0.25, 0.3) is 0 Å². The van der Waals surface area contributed by atoms with Gasteiger partial charge in [0.15, 0.2) is 0 Å². The zero-order chi connectivity index (χ0) is 14.0. The molecule has 6 heteroatoms. The van der Waals surface area contributed by atoms with Crippen LogP contribution < -0.4 is 4.74 Å². The smallest absolute Gasteiger partial charge is 0.339 e. The number of aromatic carboxylic acids is 1. The average molecular weight is 281 g/mol. The molecule has 0 spiro atoms. The molecule has 1 aromatic carbocycles. The number of methoxy groups -OCH3 is 1. The summed E-state index contributed by atoms with van der Waals surface area (Å²) in [6.45, 7) is 2.38. The van der Waals surface area contributed by atoms with Crippen molar-refractivity contribution >= 4 is 17.6 Å². The minimum Gasteiger partial charge on any atom is -0.496 e. The fraction of sp³-hybridized carbons (Fsp3) is 0.231. The third-order valence-electron chi connectivity index (χ3n) is 2.87. The topological polar surface area (TPSA) is 64.4 Å². The number of halogens is 1. The Morgan fingerprint density at radius 2 is 2.26 bits per heavy atom. The van der Waals surface area contributed by atoms with Crippen LogP contribution >= 0.6 is 11.6 Å². The predicted molar refractivity (Wildman–Crippen MR) is 71.0 cm³/mol. The van der Waals surface area contributed by atoms with Gasteiger partial charge in [0, 0.05) is 0 Å². The molecular weight excluding hydrogens is 268 g/mol. The number of ether oxygens (including phenoxy) is 1. The van der Waals surface area contributed by atoms with Crippen LogP contribution in [-0.2, 0) is 6.54 Å².